The monoisotopic (exact) mass is 272 g/mol. The first-order valence-corrected chi connectivity index (χ1v) is 6.79. The number of methoxy groups -OCH3 is 1. The standard InChI is InChI=1S/C16H20N2O2/c1-4-9-17-15-8-7-12-5-6-13(10-14(12)15)11(2)18-16(19)20-3/h1,5-6,10-11,15,17H,7-9H2,2-3H3,(H,18,19). The minimum atomic E-state index is -0.417. The smallest absolute Gasteiger partial charge is 0.407 e. The predicted octanol–water partition coefficient (Wildman–Crippen LogP) is 2.31. The number of fused-ring (bicyclic) bond motifs is 1. The first-order chi connectivity index (χ1) is 9.65. The van der Waals surface area contributed by atoms with Crippen molar-refractivity contribution in [2.45, 2.75) is 31.8 Å². The fourth-order valence-electron chi connectivity index (χ4n) is 2.60. The Balaban J connectivity index is 2.14. The van der Waals surface area contributed by atoms with E-state index in [0.717, 1.165) is 18.4 Å². The van der Waals surface area contributed by atoms with Crippen LogP contribution in [0.3, 0.4) is 0 Å². The number of alkyl carbamates (subject to hydrolysis) is 1. The first-order valence-electron chi connectivity index (χ1n) is 6.79. The van der Waals surface area contributed by atoms with Gasteiger partial charge in [-0.2, -0.15) is 0 Å². The average molecular weight is 272 g/mol. The number of terminal acetylenes is 1. The lowest BCUT2D eigenvalue weighted by atomic mass is 10.0. The SMILES string of the molecule is C#CCNC1CCc2ccc(C(C)NC(=O)OC)cc21. The predicted molar refractivity (Wildman–Crippen MR) is 78.3 cm³/mol. The quantitative estimate of drug-likeness (QED) is 0.827. The van der Waals surface area contributed by atoms with E-state index in [1.807, 2.05) is 6.92 Å². The van der Waals surface area contributed by atoms with Crippen molar-refractivity contribution in [1.82, 2.24) is 10.6 Å². The van der Waals surface area contributed by atoms with Gasteiger partial charge in [0.15, 0.2) is 0 Å². The van der Waals surface area contributed by atoms with Gasteiger partial charge < -0.3 is 10.1 Å². The molecular formula is C16H20N2O2. The molecule has 4 heteroatoms. The van der Waals surface area contributed by atoms with Crippen LogP contribution in [0.5, 0.6) is 0 Å². The minimum Gasteiger partial charge on any atom is -0.453 e. The van der Waals surface area contributed by atoms with Crippen LogP contribution >= 0.6 is 0 Å². The van der Waals surface area contributed by atoms with Crippen molar-refractivity contribution in [1.29, 1.82) is 0 Å². The summed E-state index contributed by atoms with van der Waals surface area (Å²) in [5, 5.41) is 6.14. The van der Waals surface area contributed by atoms with Crippen molar-refractivity contribution in [3.63, 3.8) is 0 Å². The van der Waals surface area contributed by atoms with E-state index in [-0.39, 0.29) is 6.04 Å². The second-order valence-corrected chi connectivity index (χ2v) is 4.99. The number of amides is 1. The molecule has 106 valence electrons. The number of benzene rings is 1. The van der Waals surface area contributed by atoms with E-state index in [4.69, 9.17) is 6.42 Å². The fourth-order valence-corrected chi connectivity index (χ4v) is 2.60. The molecule has 0 bridgehead atoms. The summed E-state index contributed by atoms with van der Waals surface area (Å²) in [6.07, 6.45) is 7.02. The van der Waals surface area contributed by atoms with E-state index in [9.17, 15) is 4.79 Å². The largest absolute Gasteiger partial charge is 0.453 e. The summed E-state index contributed by atoms with van der Waals surface area (Å²) in [4.78, 5) is 11.3. The Bertz CT molecular complexity index is 534. The second kappa shape index (κ2) is 6.44. The van der Waals surface area contributed by atoms with Crippen molar-refractivity contribution in [3.05, 3.63) is 34.9 Å². The Labute approximate surface area is 119 Å². The molecule has 4 nitrogen and oxygen atoms in total. The zero-order valence-electron chi connectivity index (χ0n) is 11.9. The molecule has 2 unspecified atom stereocenters. The summed E-state index contributed by atoms with van der Waals surface area (Å²) < 4.78 is 4.62. The van der Waals surface area contributed by atoms with E-state index in [1.165, 1.54) is 18.2 Å². The van der Waals surface area contributed by atoms with Crippen LogP contribution in [0.15, 0.2) is 18.2 Å². The van der Waals surface area contributed by atoms with Crippen LogP contribution in [-0.2, 0) is 11.2 Å². The number of nitrogens with one attached hydrogen (secondary N) is 2. The zero-order valence-corrected chi connectivity index (χ0v) is 11.9. The maximum Gasteiger partial charge on any atom is 0.407 e. The molecule has 1 amide bonds. The second-order valence-electron chi connectivity index (χ2n) is 4.99. The average Bonchev–Trinajstić information content (AvgIpc) is 2.87. The van der Waals surface area contributed by atoms with Crippen molar-refractivity contribution >= 4 is 6.09 Å². The van der Waals surface area contributed by atoms with Gasteiger partial charge in [-0.1, -0.05) is 24.1 Å². The number of hydrogen-bond acceptors (Lipinski definition) is 3. The van der Waals surface area contributed by atoms with Crippen molar-refractivity contribution in [2.24, 2.45) is 0 Å². The maximum absolute atomic E-state index is 11.3. The van der Waals surface area contributed by atoms with E-state index in [2.05, 4.69) is 39.5 Å². The first kappa shape index (κ1) is 14.4. The van der Waals surface area contributed by atoms with Gasteiger partial charge in [0.1, 0.15) is 0 Å². The third kappa shape index (κ3) is 3.12. The van der Waals surface area contributed by atoms with Gasteiger partial charge in [-0.3, -0.25) is 5.32 Å². The lowest BCUT2D eigenvalue weighted by Crippen LogP contribution is -2.26. The van der Waals surface area contributed by atoms with Crippen molar-refractivity contribution < 1.29 is 9.53 Å². The van der Waals surface area contributed by atoms with Crippen LogP contribution < -0.4 is 10.6 Å². The molecule has 2 atom stereocenters. The highest BCUT2D eigenvalue weighted by atomic mass is 16.5. The highest BCUT2D eigenvalue weighted by molar-refractivity contribution is 5.67. The van der Waals surface area contributed by atoms with Gasteiger partial charge in [-0.15, -0.1) is 6.42 Å². The number of aryl methyl sites for hydroxylation is 1. The summed E-state index contributed by atoms with van der Waals surface area (Å²) in [7, 11) is 1.37. The van der Waals surface area contributed by atoms with Gasteiger partial charge in [0, 0.05) is 6.04 Å². The Morgan fingerprint density at radius 2 is 2.40 bits per heavy atom. The molecule has 0 radical (unpaired) electrons. The molecule has 0 spiro atoms. The normalized spacial score (nSPS) is 17.9. The number of ether oxygens (including phenoxy) is 1. The number of carbonyl (C=O) groups excluding carboxylic acids is 1. The van der Waals surface area contributed by atoms with E-state index >= 15 is 0 Å². The number of rotatable bonds is 4. The van der Waals surface area contributed by atoms with Crippen LogP contribution in [0.25, 0.3) is 0 Å². The topological polar surface area (TPSA) is 50.4 Å². The van der Waals surface area contributed by atoms with Crippen LogP contribution in [0.4, 0.5) is 4.79 Å². The summed E-state index contributed by atoms with van der Waals surface area (Å²) >= 11 is 0. The third-order valence-electron chi connectivity index (χ3n) is 3.72. The van der Waals surface area contributed by atoms with Crippen LogP contribution in [0.2, 0.25) is 0 Å². The lowest BCUT2D eigenvalue weighted by molar-refractivity contribution is 0.167. The molecule has 20 heavy (non-hydrogen) atoms. The zero-order chi connectivity index (χ0) is 14.5. The highest BCUT2D eigenvalue weighted by Gasteiger charge is 2.23. The molecule has 0 aliphatic heterocycles. The Morgan fingerprint density at radius 1 is 1.60 bits per heavy atom. The molecule has 0 heterocycles. The molecule has 2 rings (SSSR count). The van der Waals surface area contributed by atoms with Crippen LogP contribution in [-0.4, -0.2) is 19.7 Å². The number of carbonyl (C=O) groups is 1. The summed E-state index contributed by atoms with van der Waals surface area (Å²) in [5.41, 5.74) is 3.72. The third-order valence-corrected chi connectivity index (χ3v) is 3.72. The minimum absolute atomic E-state index is 0.0818. The van der Waals surface area contributed by atoms with Crippen molar-refractivity contribution in [2.75, 3.05) is 13.7 Å². The fraction of sp³-hybridized carbons (Fsp3) is 0.438. The molecule has 2 N–H and O–H groups in total. The van der Waals surface area contributed by atoms with Crippen LogP contribution in [0, 0.1) is 12.3 Å². The van der Waals surface area contributed by atoms with Crippen molar-refractivity contribution in [3.8, 4) is 12.3 Å². The van der Waals surface area contributed by atoms with Gasteiger partial charge in [0.2, 0.25) is 0 Å². The molecule has 1 aromatic rings. The molecule has 0 saturated heterocycles. The molecule has 1 aliphatic rings. The molecule has 1 aliphatic carbocycles. The molecule has 1 aromatic carbocycles. The highest BCUT2D eigenvalue weighted by Crippen LogP contribution is 2.32. The summed E-state index contributed by atoms with van der Waals surface area (Å²) in [5.74, 6) is 2.61. The van der Waals surface area contributed by atoms with Gasteiger partial charge in [0.25, 0.3) is 0 Å². The van der Waals surface area contributed by atoms with Gasteiger partial charge >= 0.3 is 6.09 Å². The Kier molecular flexibility index (Phi) is 4.65. The molecule has 0 saturated carbocycles. The molecule has 0 aromatic heterocycles. The van der Waals surface area contributed by atoms with Gasteiger partial charge in [0.05, 0.1) is 19.7 Å². The lowest BCUT2D eigenvalue weighted by Gasteiger charge is -2.17. The maximum atomic E-state index is 11.3. The van der Waals surface area contributed by atoms with E-state index in [0.29, 0.717) is 12.6 Å². The van der Waals surface area contributed by atoms with E-state index in [1.54, 1.807) is 0 Å². The van der Waals surface area contributed by atoms with Gasteiger partial charge in [-0.25, -0.2) is 4.79 Å². The summed E-state index contributed by atoms with van der Waals surface area (Å²) in [6, 6.07) is 6.57. The number of hydrogen-bond donors (Lipinski definition) is 2. The Morgan fingerprint density at radius 3 is 3.10 bits per heavy atom. The summed E-state index contributed by atoms with van der Waals surface area (Å²) in [6.45, 7) is 2.52. The van der Waals surface area contributed by atoms with Gasteiger partial charge in [-0.05, 0) is 36.5 Å². The molecular weight excluding hydrogens is 252 g/mol. The molecule has 0 fully saturated rings. The Hall–Kier alpha value is -1.99. The van der Waals surface area contributed by atoms with E-state index < -0.39 is 6.09 Å². The van der Waals surface area contributed by atoms with Crippen LogP contribution in [0.1, 0.15) is 42.1 Å².